The lowest BCUT2D eigenvalue weighted by atomic mass is 10.1. The van der Waals surface area contributed by atoms with Gasteiger partial charge in [-0.25, -0.2) is 0 Å². The Morgan fingerprint density at radius 3 is 3.12 bits per heavy atom. The second kappa shape index (κ2) is 6.12. The first kappa shape index (κ1) is 12.5. The largest absolute Gasteiger partial charge is 0.378 e. The minimum Gasteiger partial charge on any atom is -0.378 e. The predicted octanol–water partition coefficient (Wildman–Crippen LogP) is 1.46. The summed E-state index contributed by atoms with van der Waals surface area (Å²) in [5.41, 5.74) is 5.94. The molecule has 1 aliphatic heterocycles. The summed E-state index contributed by atoms with van der Waals surface area (Å²) in [7, 11) is 0. The molecule has 1 saturated heterocycles. The molecule has 0 bridgehead atoms. The minimum absolute atomic E-state index is 0.121. The second-order valence-corrected chi connectivity index (χ2v) is 4.70. The van der Waals surface area contributed by atoms with Gasteiger partial charge in [-0.2, -0.15) is 4.98 Å². The molecule has 0 spiro atoms. The van der Waals surface area contributed by atoms with Crippen LogP contribution in [0.15, 0.2) is 4.52 Å². The van der Waals surface area contributed by atoms with E-state index in [1.54, 1.807) is 0 Å². The average Bonchev–Trinajstić information content (AvgIpc) is 2.91. The summed E-state index contributed by atoms with van der Waals surface area (Å²) in [6.45, 7) is 2.98. The fraction of sp³-hybridized carbons (Fsp3) is 0.833. The van der Waals surface area contributed by atoms with Crippen molar-refractivity contribution in [3.63, 3.8) is 0 Å². The highest BCUT2D eigenvalue weighted by atomic mass is 16.5. The van der Waals surface area contributed by atoms with Crippen LogP contribution in [-0.2, 0) is 17.6 Å². The molecule has 1 aromatic heterocycles. The van der Waals surface area contributed by atoms with Gasteiger partial charge in [-0.05, 0) is 19.3 Å². The van der Waals surface area contributed by atoms with Gasteiger partial charge in [0.05, 0.1) is 6.10 Å². The van der Waals surface area contributed by atoms with Crippen LogP contribution in [0.5, 0.6) is 0 Å². The molecule has 0 saturated carbocycles. The molecule has 1 fully saturated rings. The van der Waals surface area contributed by atoms with Gasteiger partial charge in [0.25, 0.3) is 0 Å². The van der Waals surface area contributed by atoms with Crippen LogP contribution in [0.4, 0.5) is 0 Å². The molecule has 2 unspecified atom stereocenters. The highest BCUT2D eigenvalue weighted by Gasteiger charge is 2.19. The molecule has 17 heavy (non-hydrogen) atoms. The Kier molecular flexibility index (Phi) is 4.50. The number of rotatable bonds is 6. The first-order valence-corrected chi connectivity index (χ1v) is 6.46. The fourth-order valence-electron chi connectivity index (χ4n) is 2.16. The van der Waals surface area contributed by atoms with Gasteiger partial charge >= 0.3 is 0 Å². The Bertz CT molecular complexity index is 334. The molecule has 1 aromatic rings. The summed E-state index contributed by atoms with van der Waals surface area (Å²) >= 11 is 0. The third kappa shape index (κ3) is 3.78. The van der Waals surface area contributed by atoms with E-state index < -0.39 is 0 Å². The highest BCUT2D eigenvalue weighted by molar-refractivity contribution is 4.91. The highest BCUT2D eigenvalue weighted by Crippen LogP contribution is 2.16. The standard InChI is InChI=1S/C12H21N3O2/c1-2-4-9(13)7-12-14-11(15-17-12)8-10-5-3-6-16-10/h9-10H,2-8,13H2,1H3. The predicted molar refractivity (Wildman–Crippen MR) is 63.6 cm³/mol. The minimum atomic E-state index is 0.121. The summed E-state index contributed by atoms with van der Waals surface area (Å²) in [6, 6.07) is 0.121. The van der Waals surface area contributed by atoms with Crippen molar-refractivity contribution < 1.29 is 9.26 Å². The molecule has 1 aliphatic rings. The molecule has 2 atom stereocenters. The summed E-state index contributed by atoms with van der Waals surface area (Å²) < 4.78 is 10.7. The summed E-state index contributed by atoms with van der Waals surface area (Å²) in [5, 5.41) is 3.97. The Balaban J connectivity index is 1.82. The Morgan fingerprint density at radius 2 is 2.41 bits per heavy atom. The Labute approximate surface area is 102 Å². The van der Waals surface area contributed by atoms with Gasteiger partial charge in [0.15, 0.2) is 5.82 Å². The van der Waals surface area contributed by atoms with Crippen molar-refractivity contribution in [1.82, 2.24) is 10.1 Å². The van der Waals surface area contributed by atoms with E-state index in [1.807, 2.05) is 0 Å². The van der Waals surface area contributed by atoms with Crippen molar-refractivity contribution in [2.24, 2.45) is 5.73 Å². The lowest BCUT2D eigenvalue weighted by Crippen LogP contribution is -2.22. The van der Waals surface area contributed by atoms with Gasteiger partial charge < -0.3 is 15.0 Å². The van der Waals surface area contributed by atoms with Crippen molar-refractivity contribution >= 4 is 0 Å². The molecule has 0 aliphatic carbocycles. The molecule has 2 heterocycles. The lowest BCUT2D eigenvalue weighted by Gasteiger charge is -2.05. The second-order valence-electron chi connectivity index (χ2n) is 4.70. The van der Waals surface area contributed by atoms with Crippen LogP contribution >= 0.6 is 0 Å². The van der Waals surface area contributed by atoms with Crippen LogP contribution in [0.25, 0.3) is 0 Å². The topological polar surface area (TPSA) is 74.2 Å². The van der Waals surface area contributed by atoms with E-state index in [9.17, 15) is 0 Å². The zero-order valence-corrected chi connectivity index (χ0v) is 10.4. The normalized spacial score (nSPS) is 21.9. The number of nitrogens with two attached hydrogens (primary N) is 1. The fourth-order valence-corrected chi connectivity index (χ4v) is 2.16. The van der Waals surface area contributed by atoms with Crippen molar-refractivity contribution in [3.05, 3.63) is 11.7 Å². The lowest BCUT2D eigenvalue weighted by molar-refractivity contribution is 0.109. The SMILES string of the molecule is CCCC(N)Cc1nc(CC2CCCO2)no1. The quantitative estimate of drug-likeness (QED) is 0.813. The van der Waals surface area contributed by atoms with Crippen LogP contribution in [0, 0.1) is 0 Å². The molecule has 0 radical (unpaired) electrons. The first-order valence-electron chi connectivity index (χ1n) is 6.46. The van der Waals surface area contributed by atoms with Crippen LogP contribution < -0.4 is 5.73 Å². The van der Waals surface area contributed by atoms with Gasteiger partial charge in [-0.15, -0.1) is 0 Å². The van der Waals surface area contributed by atoms with Crippen molar-refractivity contribution in [3.8, 4) is 0 Å². The Hall–Kier alpha value is -0.940. The van der Waals surface area contributed by atoms with E-state index in [2.05, 4.69) is 17.1 Å². The number of hydrogen-bond acceptors (Lipinski definition) is 5. The molecule has 0 aromatic carbocycles. The smallest absolute Gasteiger partial charge is 0.228 e. The molecule has 0 amide bonds. The van der Waals surface area contributed by atoms with Gasteiger partial charge in [0, 0.05) is 25.5 Å². The first-order chi connectivity index (χ1) is 8.28. The number of ether oxygens (including phenoxy) is 1. The van der Waals surface area contributed by atoms with Crippen LogP contribution in [-0.4, -0.2) is 28.9 Å². The van der Waals surface area contributed by atoms with Gasteiger partial charge in [0.2, 0.25) is 5.89 Å². The maximum atomic E-state index is 5.94. The van der Waals surface area contributed by atoms with Crippen LogP contribution in [0.1, 0.15) is 44.3 Å². The van der Waals surface area contributed by atoms with E-state index >= 15 is 0 Å². The van der Waals surface area contributed by atoms with Crippen molar-refractivity contribution in [2.45, 2.75) is 57.6 Å². The number of nitrogens with zero attached hydrogens (tertiary/aromatic N) is 2. The molecule has 5 heteroatoms. The average molecular weight is 239 g/mol. The zero-order valence-electron chi connectivity index (χ0n) is 10.4. The maximum Gasteiger partial charge on any atom is 0.228 e. The monoisotopic (exact) mass is 239 g/mol. The summed E-state index contributed by atoms with van der Waals surface area (Å²) in [4.78, 5) is 4.36. The number of hydrogen-bond donors (Lipinski definition) is 1. The van der Waals surface area contributed by atoms with E-state index in [0.29, 0.717) is 12.3 Å². The van der Waals surface area contributed by atoms with Crippen molar-refractivity contribution in [2.75, 3.05) is 6.61 Å². The summed E-state index contributed by atoms with van der Waals surface area (Å²) in [6.07, 6.45) is 6.00. The van der Waals surface area contributed by atoms with E-state index in [1.165, 1.54) is 0 Å². The van der Waals surface area contributed by atoms with E-state index in [0.717, 1.165) is 44.5 Å². The van der Waals surface area contributed by atoms with Crippen LogP contribution in [0.3, 0.4) is 0 Å². The van der Waals surface area contributed by atoms with Gasteiger partial charge in [-0.1, -0.05) is 18.5 Å². The van der Waals surface area contributed by atoms with Crippen LogP contribution in [0.2, 0.25) is 0 Å². The third-order valence-corrected chi connectivity index (χ3v) is 3.04. The molecule has 2 N–H and O–H groups in total. The van der Waals surface area contributed by atoms with Gasteiger partial charge in [-0.3, -0.25) is 0 Å². The zero-order chi connectivity index (χ0) is 12.1. The summed E-state index contributed by atoms with van der Waals surface area (Å²) in [5.74, 6) is 1.40. The van der Waals surface area contributed by atoms with E-state index in [4.69, 9.17) is 15.0 Å². The number of aromatic nitrogens is 2. The molecule has 5 nitrogen and oxygen atoms in total. The van der Waals surface area contributed by atoms with E-state index in [-0.39, 0.29) is 12.1 Å². The Morgan fingerprint density at radius 1 is 1.53 bits per heavy atom. The maximum absolute atomic E-state index is 5.94. The molecule has 96 valence electrons. The molecule has 2 rings (SSSR count). The van der Waals surface area contributed by atoms with Crippen molar-refractivity contribution in [1.29, 1.82) is 0 Å². The third-order valence-electron chi connectivity index (χ3n) is 3.04. The van der Waals surface area contributed by atoms with Gasteiger partial charge in [0.1, 0.15) is 0 Å². The molecular formula is C12H21N3O2. The molecular weight excluding hydrogens is 218 g/mol.